The number of nitrogens with one attached hydrogen (secondary N) is 2. The summed E-state index contributed by atoms with van der Waals surface area (Å²) >= 11 is 0. The van der Waals surface area contributed by atoms with E-state index in [1.54, 1.807) is 4.90 Å². The van der Waals surface area contributed by atoms with Crippen LogP contribution in [-0.2, 0) is 11.8 Å². The van der Waals surface area contributed by atoms with Crippen molar-refractivity contribution in [1.29, 1.82) is 0 Å². The molecule has 39 heavy (non-hydrogen) atoms. The third kappa shape index (κ3) is 6.78. The van der Waals surface area contributed by atoms with Crippen molar-refractivity contribution in [3.05, 3.63) is 94.3 Å². The van der Waals surface area contributed by atoms with E-state index in [9.17, 15) is 39.2 Å². The number of nitrogens with zero attached hydrogens (tertiary/aromatic N) is 3. The molecule has 0 aliphatic heterocycles. The summed E-state index contributed by atoms with van der Waals surface area (Å²) in [6.45, 7) is 6.06. The van der Waals surface area contributed by atoms with Gasteiger partial charge in [-0.3, -0.25) is 25.0 Å². The summed E-state index contributed by atoms with van der Waals surface area (Å²) in [4.78, 5) is 46.7. The summed E-state index contributed by atoms with van der Waals surface area (Å²) in [7, 11) is 0. The van der Waals surface area contributed by atoms with Crippen LogP contribution in [0.2, 0.25) is 0 Å². The maximum Gasteiger partial charge on any atom is 0.275 e. The molecule has 2 aromatic carbocycles. The fourth-order valence-electron chi connectivity index (χ4n) is 3.59. The molecule has 6 N–H and O–H groups in total. The molecule has 0 bridgehead atoms. The first-order chi connectivity index (χ1) is 18.3. The molecule has 0 aliphatic rings. The van der Waals surface area contributed by atoms with E-state index < -0.39 is 40.8 Å². The Labute approximate surface area is 222 Å². The fourth-order valence-corrected chi connectivity index (χ4v) is 3.59. The number of rotatable bonds is 9. The van der Waals surface area contributed by atoms with Crippen molar-refractivity contribution in [2.24, 2.45) is 0 Å². The van der Waals surface area contributed by atoms with Gasteiger partial charge in [-0.05, 0) is 56.7 Å². The van der Waals surface area contributed by atoms with Gasteiger partial charge in [-0.25, -0.2) is 14.4 Å². The zero-order valence-electron chi connectivity index (χ0n) is 21.3. The minimum Gasteiger partial charge on any atom is -0.345 e. The lowest BCUT2D eigenvalue weighted by atomic mass is 10.1. The predicted octanol–water partition coefficient (Wildman–Crippen LogP) is 0.456. The molecular formula is C26H28FN5O7. The smallest absolute Gasteiger partial charge is 0.275 e. The van der Waals surface area contributed by atoms with E-state index in [1.807, 2.05) is 24.5 Å². The average molecular weight is 542 g/mol. The highest BCUT2D eigenvalue weighted by Crippen LogP contribution is 2.20. The number of carbonyl (C=O) groups excluding carboxylic acids is 3. The molecule has 1 heterocycles. The van der Waals surface area contributed by atoms with Crippen LogP contribution < -0.4 is 10.6 Å². The number of aliphatic hydroxyl groups is 4. The maximum atomic E-state index is 13.5. The summed E-state index contributed by atoms with van der Waals surface area (Å²) < 4.78 is 13.5. The van der Waals surface area contributed by atoms with Gasteiger partial charge in [0.15, 0.2) is 0 Å². The molecule has 0 atom stereocenters. The van der Waals surface area contributed by atoms with Gasteiger partial charge in [-0.15, -0.1) is 0 Å². The number of hydrogen-bond donors (Lipinski definition) is 6. The number of aromatic nitrogens is 2. The number of hydrogen-bond acceptors (Lipinski definition) is 9. The van der Waals surface area contributed by atoms with Gasteiger partial charge in [-0.1, -0.05) is 12.1 Å². The Bertz CT molecular complexity index is 1380. The van der Waals surface area contributed by atoms with Crippen LogP contribution in [0.25, 0.3) is 0 Å². The molecule has 0 saturated carbocycles. The van der Waals surface area contributed by atoms with Crippen molar-refractivity contribution < 1.29 is 39.2 Å². The number of benzene rings is 2. The predicted molar refractivity (Wildman–Crippen MR) is 134 cm³/mol. The van der Waals surface area contributed by atoms with Crippen molar-refractivity contribution >= 4 is 17.7 Å². The van der Waals surface area contributed by atoms with Crippen molar-refractivity contribution in [3.63, 3.8) is 0 Å². The van der Waals surface area contributed by atoms with Gasteiger partial charge < -0.3 is 25.3 Å². The van der Waals surface area contributed by atoms with Crippen molar-refractivity contribution in [2.75, 3.05) is 13.1 Å². The number of halogens is 1. The van der Waals surface area contributed by atoms with E-state index in [0.29, 0.717) is 18.7 Å². The van der Waals surface area contributed by atoms with Crippen LogP contribution in [0.15, 0.2) is 54.9 Å². The lowest BCUT2D eigenvalue weighted by Gasteiger charge is -2.24. The third-order valence-electron chi connectivity index (χ3n) is 5.85. The Morgan fingerprint density at radius 3 is 1.79 bits per heavy atom. The first kappa shape index (κ1) is 29.3. The van der Waals surface area contributed by atoms with E-state index in [4.69, 9.17) is 0 Å². The van der Waals surface area contributed by atoms with E-state index in [1.165, 1.54) is 31.2 Å². The highest BCUT2D eigenvalue weighted by atomic mass is 19.1. The molecule has 12 nitrogen and oxygen atoms in total. The molecule has 0 spiro atoms. The van der Waals surface area contributed by atoms with Crippen LogP contribution in [0.4, 0.5) is 4.39 Å². The molecule has 0 unspecified atom stereocenters. The van der Waals surface area contributed by atoms with Gasteiger partial charge in [-0.2, -0.15) is 0 Å². The van der Waals surface area contributed by atoms with Crippen LogP contribution in [-0.4, -0.2) is 66.1 Å². The minimum atomic E-state index is -2.90. The molecule has 1 aromatic heterocycles. The monoisotopic (exact) mass is 541 g/mol. The highest BCUT2D eigenvalue weighted by molar-refractivity contribution is 5.97. The molecule has 206 valence electrons. The third-order valence-corrected chi connectivity index (χ3v) is 5.85. The van der Waals surface area contributed by atoms with Crippen LogP contribution >= 0.6 is 0 Å². The first-order valence-electron chi connectivity index (χ1n) is 11.8. The molecule has 13 heteroatoms. The summed E-state index contributed by atoms with van der Waals surface area (Å²) in [5.41, 5.74) is -0.861. The second-order valence-electron chi connectivity index (χ2n) is 8.56. The Kier molecular flexibility index (Phi) is 8.71. The van der Waals surface area contributed by atoms with Gasteiger partial charge >= 0.3 is 0 Å². The Hall–Kier alpha value is -4.30. The summed E-state index contributed by atoms with van der Waals surface area (Å²) in [6.07, 6.45) is 0.840. The lowest BCUT2D eigenvalue weighted by molar-refractivity contribution is -0.186. The first-order valence-corrected chi connectivity index (χ1v) is 11.8. The molecule has 3 rings (SSSR count). The molecule has 3 amide bonds. The van der Waals surface area contributed by atoms with Gasteiger partial charge in [0, 0.05) is 35.8 Å². The Balaban J connectivity index is 1.73. The second kappa shape index (κ2) is 11.6. The van der Waals surface area contributed by atoms with E-state index in [2.05, 4.69) is 9.97 Å². The minimum absolute atomic E-state index is 0.108. The Morgan fingerprint density at radius 2 is 1.31 bits per heavy atom. The molecule has 3 aromatic rings. The van der Waals surface area contributed by atoms with Gasteiger partial charge in [0.05, 0.1) is 0 Å². The molecule has 0 aliphatic carbocycles. The molecule has 0 saturated heterocycles. The standard InChI is InChI=1S/C26H28FN5O7/c1-4-32(5-2)24(35)16-6-8-17(9-7-16)25(36,37)30-22(33)20-13-21(29-14-28-20)23(34)31-26(38,39)18-10-11-19(27)15(3)12-18/h6-14,36-39H,4-5H2,1-3H3,(H,30,33)(H,31,34). The molecular weight excluding hydrogens is 513 g/mol. The van der Waals surface area contributed by atoms with Crippen molar-refractivity contribution in [3.8, 4) is 0 Å². The number of carbonyl (C=O) groups is 3. The quantitative estimate of drug-likeness (QED) is 0.209. The average Bonchev–Trinajstić information content (AvgIpc) is 2.90. The molecule has 0 fully saturated rings. The number of aryl methyl sites for hydroxylation is 1. The largest absolute Gasteiger partial charge is 0.345 e. The van der Waals surface area contributed by atoms with E-state index in [0.717, 1.165) is 30.6 Å². The fraction of sp³-hybridized carbons (Fsp3) is 0.269. The SMILES string of the molecule is CCN(CC)C(=O)c1ccc(C(O)(O)NC(=O)c2cc(C(=O)NC(O)(O)c3ccc(F)c(C)c3)ncn2)cc1. The summed E-state index contributed by atoms with van der Waals surface area (Å²) in [5, 5.41) is 45.4. The van der Waals surface area contributed by atoms with Crippen molar-refractivity contribution in [2.45, 2.75) is 32.6 Å². The van der Waals surface area contributed by atoms with E-state index in [-0.39, 0.29) is 22.6 Å². The van der Waals surface area contributed by atoms with Gasteiger partial charge in [0.2, 0.25) is 0 Å². The number of amides is 3. The second-order valence-corrected chi connectivity index (χ2v) is 8.56. The van der Waals surface area contributed by atoms with Gasteiger partial charge in [0.1, 0.15) is 23.5 Å². The summed E-state index contributed by atoms with van der Waals surface area (Å²) in [5.74, 6) is -8.81. The zero-order chi connectivity index (χ0) is 29.0. The lowest BCUT2D eigenvalue weighted by Crippen LogP contribution is -2.47. The van der Waals surface area contributed by atoms with E-state index >= 15 is 0 Å². The zero-order valence-corrected chi connectivity index (χ0v) is 21.3. The van der Waals surface area contributed by atoms with Crippen molar-refractivity contribution in [1.82, 2.24) is 25.5 Å². The maximum absolute atomic E-state index is 13.5. The normalized spacial score (nSPS) is 11.6. The van der Waals surface area contributed by atoms with Crippen LogP contribution in [0.3, 0.4) is 0 Å². The highest BCUT2D eigenvalue weighted by Gasteiger charge is 2.32. The van der Waals surface area contributed by atoms with Crippen LogP contribution in [0.1, 0.15) is 61.9 Å². The van der Waals surface area contributed by atoms with Crippen LogP contribution in [0.5, 0.6) is 0 Å². The van der Waals surface area contributed by atoms with Gasteiger partial charge in [0.25, 0.3) is 29.5 Å². The molecule has 0 radical (unpaired) electrons. The summed E-state index contributed by atoms with van der Waals surface area (Å²) in [6, 6.07) is 9.36. The topological polar surface area (TPSA) is 185 Å². The van der Waals surface area contributed by atoms with Crippen LogP contribution in [0, 0.1) is 12.7 Å². The Morgan fingerprint density at radius 1 is 0.821 bits per heavy atom.